The average molecular weight is 338 g/mol. The fourth-order valence-corrected chi connectivity index (χ4v) is 1.83. The van der Waals surface area contributed by atoms with Crippen LogP contribution in [0.15, 0.2) is 39.4 Å². The van der Waals surface area contributed by atoms with Gasteiger partial charge in [0, 0.05) is 5.69 Å². The van der Waals surface area contributed by atoms with Gasteiger partial charge in [-0.1, -0.05) is 0 Å². The van der Waals surface area contributed by atoms with Gasteiger partial charge in [0.15, 0.2) is 0 Å². The molecule has 0 unspecified atom stereocenters. The van der Waals surface area contributed by atoms with E-state index in [1.165, 1.54) is 12.3 Å². The maximum Gasteiger partial charge on any atom is 0.419 e. The Labute approximate surface area is 114 Å². The monoisotopic (exact) mass is 337 g/mol. The zero-order valence-electron chi connectivity index (χ0n) is 9.39. The molecular formula is C12H8BrF4NO. The number of nitrogens with one attached hydrogen (secondary N) is 1. The Bertz CT molecular complexity index is 579. The van der Waals surface area contributed by atoms with Crippen LogP contribution >= 0.6 is 15.9 Å². The molecule has 0 aliphatic heterocycles. The highest BCUT2D eigenvalue weighted by Gasteiger charge is 2.34. The van der Waals surface area contributed by atoms with Gasteiger partial charge in [0.1, 0.15) is 11.6 Å². The fourth-order valence-electron chi connectivity index (χ4n) is 1.49. The first-order chi connectivity index (χ1) is 8.88. The van der Waals surface area contributed by atoms with Crippen molar-refractivity contribution in [1.29, 1.82) is 0 Å². The predicted molar refractivity (Wildman–Crippen MR) is 65.1 cm³/mol. The molecule has 0 saturated carbocycles. The number of rotatable bonds is 3. The molecule has 0 bridgehead atoms. The summed E-state index contributed by atoms with van der Waals surface area (Å²) >= 11 is 3.22. The van der Waals surface area contributed by atoms with Crippen LogP contribution in [0.4, 0.5) is 23.2 Å². The van der Waals surface area contributed by atoms with Crippen molar-refractivity contribution in [2.75, 3.05) is 5.32 Å². The highest BCUT2D eigenvalue weighted by molar-refractivity contribution is 9.10. The van der Waals surface area contributed by atoms with Gasteiger partial charge in [0.05, 0.1) is 22.8 Å². The van der Waals surface area contributed by atoms with E-state index < -0.39 is 17.6 Å². The van der Waals surface area contributed by atoms with Crippen molar-refractivity contribution in [3.63, 3.8) is 0 Å². The van der Waals surface area contributed by atoms with Gasteiger partial charge in [-0.15, -0.1) is 0 Å². The molecule has 0 radical (unpaired) electrons. The van der Waals surface area contributed by atoms with Crippen LogP contribution in [0.1, 0.15) is 11.3 Å². The Kier molecular flexibility index (Phi) is 3.84. The molecule has 2 nitrogen and oxygen atoms in total. The number of hydrogen-bond donors (Lipinski definition) is 1. The van der Waals surface area contributed by atoms with Crippen LogP contribution in [-0.4, -0.2) is 0 Å². The van der Waals surface area contributed by atoms with Crippen molar-refractivity contribution in [2.45, 2.75) is 12.7 Å². The number of alkyl halides is 3. The van der Waals surface area contributed by atoms with Crippen molar-refractivity contribution in [2.24, 2.45) is 0 Å². The van der Waals surface area contributed by atoms with E-state index in [1.54, 1.807) is 6.07 Å². The molecule has 102 valence electrons. The van der Waals surface area contributed by atoms with Gasteiger partial charge in [0.25, 0.3) is 0 Å². The van der Waals surface area contributed by atoms with Gasteiger partial charge in [-0.3, -0.25) is 0 Å². The molecule has 0 fully saturated rings. The molecule has 0 amide bonds. The first-order valence-electron chi connectivity index (χ1n) is 5.20. The molecule has 0 spiro atoms. The minimum absolute atomic E-state index is 0.164. The number of furan rings is 1. The molecule has 7 heteroatoms. The lowest BCUT2D eigenvalue weighted by Crippen LogP contribution is -2.09. The first kappa shape index (κ1) is 13.9. The molecule has 0 aliphatic rings. The number of anilines is 1. The van der Waals surface area contributed by atoms with E-state index in [9.17, 15) is 17.6 Å². The van der Waals surface area contributed by atoms with Crippen molar-refractivity contribution in [3.05, 3.63) is 52.1 Å². The third-order valence-corrected chi connectivity index (χ3v) is 3.12. The Balaban J connectivity index is 2.16. The Morgan fingerprint density at radius 1 is 1.21 bits per heavy atom. The summed E-state index contributed by atoms with van der Waals surface area (Å²) in [5.74, 6) is -0.755. The second kappa shape index (κ2) is 5.24. The summed E-state index contributed by atoms with van der Waals surface area (Å²) in [6, 6.07) is 4.42. The topological polar surface area (TPSA) is 25.2 Å². The van der Waals surface area contributed by atoms with E-state index in [2.05, 4.69) is 21.2 Å². The molecule has 0 atom stereocenters. The van der Waals surface area contributed by atoms with Gasteiger partial charge in [0.2, 0.25) is 0 Å². The SMILES string of the molecule is Fc1ccc(NCc2occc2Br)cc1C(F)(F)F. The average Bonchev–Trinajstić information content (AvgIpc) is 2.72. The number of halogens is 5. The minimum atomic E-state index is -4.72. The van der Waals surface area contributed by atoms with E-state index in [4.69, 9.17) is 4.42 Å². The summed E-state index contributed by atoms with van der Waals surface area (Å²) in [5.41, 5.74) is -1.13. The second-order valence-electron chi connectivity index (χ2n) is 3.74. The molecule has 2 aromatic rings. The molecule has 19 heavy (non-hydrogen) atoms. The number of hydrogen-bond acceptors (Lipinski definition) is 2. The van der Waals surface area contributed by atoms with Gasteiger partial charge < -0.3 is 9.73 Å². The summed E-state index contributed by atoms with van der Waals surface area (Å²) in [7, 11) is 0. The minimum Gasteiger partial charge on any atom is -0.466 e. The lowest BCUT2D eigenvalue weighted by molar-refractivity contribution is -0.139. The first-order valence-corrected chi connectivity index (χ1v) is 5.99. The smallest absolute Gasteiger partial charge is 0.419 e. The lowest BCUT2D eigenvalue weighted by atomic mass is 10.2. The molecule has 0 saturated heterocycles. The van der Waals surface area contributed by atoms with Crippen molar-refractivity contribution in [3.8, 4) is 0 Å². The zero-order chi connectivity index (χ0) is 14.0. The van der Waals surface area contributed by atoms with Gasteiger partial charge in [-0.2, -0.15) is 13.2 Å². The van der Waals surface area contributed by atoms with E-state index >= 15 is 0 Å². The Hall–Kier alpha value is -1.50. The molecule has 0 aliphatic carbocycles. The summed E-state index contributed by atoms with van der Waals surface area (Å²) in [5, 5.41) is 2.74. The summed E-state index contributed by atoms with van der Waals surface area (Å²) in [6.07, 6.45) is -3.26. The normalized spacial score (nSPS) is 11.6. The van der Waals surface area contributed by atoms with Crippen LogP contribution < -0.4 is 5.32 Å². The molecule has 1 aromatic carbocycles. The van der Waals surface area contributed by atoms with Crippen molar-refractivity contribution < 1.29 is 22.0 Å². The van der Waals surface area contributed by atoms with E-state index in [0.29, 0.717) is 10.2 Å². The van der Waals surface area contributed by atoms with Crippen LogP contribution in [0.25, 0.3) is 0 Å². The van der Waals surface area contributed by atoms with Crippen LogP contribution in [0.3, 0.4) is 0 Å². The molecule has 2 rings (SSSR count). The molecule has 1 aromatic heterocycles. The van der Waals surface area contributed by atoms with E-state index in [-0.39, 0.29) is 12.2 Å². The van der Waals surface area contributed by atoms with Crippen LogP contribution in [0.5, 0.6) is 0 Å². The summed E-state index contributed by atoms with van der Waals surface area (Å²) < 4.78 is 56.4. The van der Waals surface area contributed by atoms with Crippen LogP contribution in [-0.2, 0) is 12.7 Å². The second-order valence-corrected chi connectivity index (χ2v) is 4.59. The highest BCUT2D eigenvalue weighted by atomic mass is 79.9. The summed E-state index contributed by atoms with van der Waals surface area (Å²) in [4.78, 5) is 0. The Morgan fingerprint density at radius 2 is 1.95 bits per heavy atom. The molecular weight excluding hydrogens is 330 g/mol. The Morgan fingerprint density at radius 3 is 2.53 bits per heavy atom. The van der Waals surface area contributed by atoms with E-state index in [1.807, 2.05) is 0 Å². The zero-order valence-corrected chi connectivity index (χ0v) is 11.0. The van der Waals surface area contributed by atoms with Gasteiger partial charge in [-0.05, 0) is 40.2 Å². The van der Waals surface area contributed by atoms with Gasteiger partial charge >= 0.3 is 6.18 Å². The van der Waals surface area contributed by atoms with Crippen molar-refractivity contribution in [1.82, 2.24) is 0 Å². The maximum atomic E-state index is 13.1. The quantitative estimate of drug-likeness (QED) is 0.813. The lowest BCUT2D eigenvalue weighted by Gasteiger charge is -2.11. The summed E-state index contributed by atoms with van der Waals surface area (Å²) in [6.45, 7) is 0.191. The van der Waals surface area contributed by atoms with Crippen LogP contribution in [0, 0.1) is 5.82 Å². The predicted octanol–water partition coefficient (Wildman–Crippen LogP) is 4.81. The molecule has 1 heterocycles. The number of benzene rings is 1. The van der Waals surface area contributed by atoms with E-state index in [0.717, 1.165) is 12.1 Å². The van der Waals surface area contributed by atoms with Crippen molar-refractivity contribution >= 4 is 21.6 Å². The third kappa shape index (κ3) is 3.28. The van der Waals surface area contributed by atoms with Gasteiger partial charge in [-0.25, -0.2) is 4.39 Å². The standard InChI is InChI=1S/C12H8BrF4NO/c13-9-3-4-19-11(9)6-18-7-1-2-10(14)8(5-7)12(15,16)17/h1-5,18H,6H2. The maximum absolute atomic E-state index is 13.1. The van der Waals surface area contributed by atoms with Crippen LogP contribution in [0.2, 0.25) is 0 Å². The largest absolute Gasteiger partial charge is 0.466 e. The molecule has 1 N–H and O–H groups in total. The fraction of sp³-hybridized carbons (Fsp3) is 0.167. The highest BCUT2D eigenvalue weighted by Crippen LogP contribution is 2.33. The third-order valence-electron chi connectivity index (χ3n) is 2.42.